The highest BCUT2D eigenvalue weighted by molar-refractivity contribution is 7.88. The zero-order valence-electron chi connectivity index (χ0n) is 11.7. The van der Waals surface area contributed by atoms with Gasteiger partial charge in [-0.25, -0.2) is 12.7 Å². The largest absolute Gasteiger partial charge is 0.273 e. The minimum atomic E-state index is -3.31. The van der Waals surface area contributed by atoms with E-state index in [2.05, 4.69) is 5.10 Å². The van der Waals surface area contributed by atoms with E-state index in [9.17, 15) is 8.42 Å². The number of hydrogen-bond donors (Lipinski definition) is 0. The average molecular weight is 293 g/mol. The lowest BCUT2D eigenvalue weighted by Crippen LogP contribution is -2.27. The van der Waals surface area contributed by atoms with Crippen molar-refractivity contribution in [2.45, 2.75) is 25.8 Å². The monoisotopic (exact) mass is 293 g/mol. The molecule has 0 N–H and O–H groups in total. The van der Waals surface area contributed by atoms with Crippen molar-refractivity contribution in [1.29, 1.82) is 0 Å². The van der Waals surface area contributed by atoms with E-state index >= 15 is 0 Å². The fourth-order valence-corrected chi connectivity index (χ4v) is 3.09. The van der Waals surface area contributed by atoms with Crippen molar-refractivity contribution in [2.24, 2.45) is 0 Å². The summed E-state index contributed by atoms with van der Waals surface area (Å²) < 4.78 is 27.7. The number of benzene rings is 1. The minimum Gasteiger partial charge on any atom is -0.273 e. The first-order chi connectivity index (χ1) is 9.51. The lowest BCUT2D eigenvalue weighted by molar-refractivity contribution is 0.465. The second kappa shape index (κ2) is 6.19. The lowest BCUT2D eigenvalue weighted by atomic mass is 10.2. The predicted molar refractivity (Wildman–Crippen MR) is 78.4 cm³/mol. The molecule has 0 fully saturated rings. The summed E-state index contributed by atoms with van der Waals surface area (Å²) in [5.74, 6) is 0.0201. The van der Waals surface area contributed by atoms with Gasteiger partial charge in [-0.15, -0.1) is 0 Å². The van der Waals surface area contributed by atoms with Gasteiger partial charge >= 0.3 is 0 Å². The fraction of sp³-hybridized carbons (Fsp3) is 0.357. The molecule has 0 saturated carbocycles. The maximum Gasteiger partial charge on any atom is 0.218 e. The van der Waals surface area contributed by atoms with Crippen LogP contribution >= 0.6 is 0 Å². The Morgan fingerprint density at radius 2 is 1.90 bits per heavy atom. The molecule has 2 aromatic rings. The van der Waals surface area contributed by atoms with E-state index in [-0.39, 0.29) is 5.75 Å². The zero-order valence-corrected chi connectivity index (χ0v) is 12.5. The van der Waals surface area contributed by atoms with Crippen LogP contribution in [0.1, 0.15) is 18.1 Å². The highest BCUT2D eigenvalue weighted by Gasteiger charge is 2.19. The smallest absolute Gasteiger partial charge is 0.218 e. The summed E-state index contributed by atoms with van der Waals surface area (Å²) in [4.78, 5) is 0. The highest BCUT2D eigenvalue weighted by atomic mass is 32.2. The van der Waals surface area contributed by atoms with Crippen LogP contribution in [0.25, 0.3) is 0 Å². The molecule has 0 aliphatic heterocycles. The maximum atomic E-state index is 12.3. The second-order valence-corrected chi connectivity index (χ2v) is 6.78. The molecule has 0 spiro atoms. The molecule has 0 radical (unpaired) electrons. The summed E-state index contributed by atoms with van der Waals surface area (Å²) in [6.07, 6.45) is 3.58. The number of aromatic nitrogens is 2. The molecule has 1 heterocycles. The van der Waals surface area contributed by atoms with Crippen LogP contribution in [0.5, 0.6) is 0 Å². The van der Waals surface area contributed by atoms with E-state index in [1.807, 2.05) is 43.5 Å². The molecular weight excluding hydrogens is 274 g/mol. The Balaban J connectivity index is 2.05. The van der Waals surface area contributed by atoms with E-state index in [4.69, 9.17) is 0 Å². The van der Waals surface area contributed by atoms with Crippen LogP contribution in [0.2, 0.25) is 0 Å². The number of nitrogens with zero attached hydrogens (tertiary/aromatic N) is 3. The summed E-state index contributed by atoms with van der Waals surface area (Å²) >= 11 is 0. The van der Waals surface area contributed by atoms with Gasteiger partial charge in [0.05, 0.1) is 11.9 Å². The molecular formula is C14H19N3O2S. The Morgan fingerprint density at radius 3 is 2.50 bits per heavy atom. The van der Waals surface area contributed by atoms with Gasteiger partial charge in [0.2, 0.25) is 10.0 Å². The Kier molecular flexibility index (Phi) is 4.57. The number of aryl methyl sites for hydroxylation is 1. The van der Waals surface area contributed by atoms with E-state index in [0.717, 1.165) is 17.7 Å². The van der Waals surface area contributed by atoms with Crippen molar-refractivity contribution in [3.63, 3.8) is 0 Å². The molecule has 0 unspecified atom stereocenters. The SMILES string of the molecule is CCn1cc(CN(C)S(=O)(=O)Cc2ccccc2)cn1. The topological polar surface area (TPSA) is 55.2 Å². The molecule has 0 atom stereocenters. The molecule has 0 bridgehead atoms. The van der Waals surface area contributed by atoms with Crippen LogP contribution in [0.4, 0.5) is 0 Å². The van der Waals surface area contributed by atoms with Crippen molar-refractivity contribution in [3.8, 4) is 0 Å². The summed E-state index contributed by atoms with van der Waals surface area (Å²) in [6.45, 7) is 3.11. The van der Waals surface area contributed by atoms with Crippen molar-refractivity contribution in [2.75, 3.05) is 7.05 Å². The van der Waals surface area contributed by atoms with Crippen LogP contribution < -0.4 is 0 Å². The molecule has 0 aliphatic carbocycles. The van der Waals surface area contributed by atoms with Crippen molar-refractivity contribution < 1.29 is 8.42 Å². The molecule has 6 heteroatoms. The van der Waals surface area contributed by atoms with Crippen molar-refractivity contribution in [1.82, 2.24) is 14.1 Å². The summed E-state index contributed by atoms with van der Waals surface area (Å²) in [5.41, 5.74) is 1.69. The lowest BCUT2D eigenvalue weighted by Gasteiger charge is -2.16. The first-order valence-electron chi connectivity index (χ1n) is 6.50. The van der Waals surface area contributed by atoms with Crippen LogP contribution in [-0.4, -0.2) is 29.6 Å². The van der Waals surface area contributed by atoms with Gasteiger partial charge in [-0.2, -0.15) is 5.10 Å². The number of hydrogen-bond acceptors (Lipinski definition) is 3. The minimum absolute atomic E-state index is 0.0201. The van der Waals surface area contributed by atoms with Gasteiger partial charge in [0.25, 0.3) is 0 Å². The van der Waals surface area contributed by atoms with Crippen molar-refractivity contribution >= 4 is 10.0 Å². The van der Waals surface area contributed by atoms with Gasteiger partial charge in [0.15, 0.2) is 0 Å². The van der Waals surface area contributed by atoms with Gasteiger partial charge < -0.3 is 0 Å². The fourth-order valence-electron chi connectivity index (χ4n) is 1.91. The number of rotatable bonds is 6. The van der Waals surface area contributed by atoms with Gasteiger partial charge in [-0.05, 0) is 12.5 Å². The third-order valence-corrected chi connectivity index (χ3v) is 4.86. The maximum absolute atomic E-state index is 12.3. The van der Waals surface area contributed by atoms with E-state index in [1.54, 1.807) is 17.9 Å². The van der Waals surface area contributed by atoms with Gasteiger partial charge in [0, 0.05) is 31.9 Å². The summed E-state index contributed by atoms with van der Waals surface area (Å²) in [5, 5.41) is 4.15. The van der Waals surface area contributed by atoms with Crippen LogP contribution in [0, 0.1) is 0 Å². The standard InChI is InChI=1S/C14H19N3O2S/c1-3-17-11-14(9-15-17)10-16(2)20(18,19)12-13-7-5-4-6-8-13/h4-9,11H,3,10,12H2,1-2H3. The van der Waals surface area contributed by atoms with Gasteiger partial charge in [-0.1, -0.05) is 30.3 Å². The van der Waals surface area contributed by atoms with Crippen LogP contribution in [0.3, 0.4) is 0 Å². The summed E-state index contributed by atoms with van der Waals surface area (Å²) in [6, 6.07) is 9.20. The van der Waals surface area contributed by atoms with Crippen molar-refractivity contribution in [3.05, 3.63) is 53.9 Å². The molecule has 1 aromatic carbocycles. The molecule has 0 amide bonds. The molecule has 108 valence electrons. The van der Waals surface area contributed by atoms with Gasteiger partial charge in [-0.3, -0.25) is 4.68 Å². The Labute approximate surface area is 119 Å². The first kappa shape index (κ1) is 14.7. The first-order valence-corrected chi connectivity index (χ1v) is 8.11. The van der Waals surface area contributed by atoms with E-state index in [0.29, 0.717) is 6.54 Å². The zero-order chi connectivity index (χ0) is 14.6. The third kappa shape index (κ3) is 3.68. The molecule has 5 nitrogen and oxygen atoms in total. The Morgan fingerprint density at radius 1 is 1.20 bits per heavy atom. The third-order valence-electron chi connectivity index (χ3n) is 3.08. The highest BCUT2D eigenvalue weighted by Crippen LogP contribution is 2.12. The van der Waals surface area contributed by atoms with Gasteiger partial charge in [0.1, 0.15) is 0 Å². The Hall–Kier alpha value is -1.66. The molecule has 2 rings (SSSR count). The second-order valence-electron chi connectivity index (χ2n) is 4.70. The van der Waals surface area contributed by atoms with Crippen LogP contribution in [0.15, 0.2) is 42.7 Å². The molecule has 0 aliphatic rings. The van der Waals surface area contributed by atoms with E-state index in [1.165, 1.54) is 4.31 Å². The normalized spacial score (nSPS) is 11.9. The van der Waals surface area contributed by atoms with Crippen LogP contribution in [-0.2, 0) is 28.9 Å². The molecule has 1 aromatic heterocycles. The van der Waals surface area contributed by atoms with E-state index < -0.39 is 10.0 Å². The predicted octanol–water partition coefficient (Wildman–Crippen LogP) is 1.86. The molecule has 20 heavy (non-hydrogen) atoms. The number of sulfonamides is 1. The average Bonchev–Trinajstić information content (AvgIpc) is 2.87. The Bertz CT molecular complexity index is 650. The summed E-state index contributed by atoms with van der Waals surface area (Å²) in [7, 11) is -1.71. The quantitative estimate of drug-likeness (QED) is 0.817. The molecule has 0 saturated heterocycles.